The van der Waals surface area contributed by atoms with Gasteiger partial charge in [-0.05, 0) is 18.1 Å². The van der Waals surface area contributed by atoms with Gasteiger partial charge in [0.25, 0.3) is 0 Å². The molecule has 2 aromatic rings. The Labute approximate surface area is 164 Å². The van der Waals surface area contributed by atoms with Crippen LogP contribution in [0.5, 0.6) is 0 Å². The maximum atomic E-state index is 12.5. The van der Waals surface area contributed by atoms with E-state index in [1.54, 1.807) is 4.90 Å². The molecule has 2 rings (SSSR count). The van der Waals surface area contributed by atoms with E-state index in [4.69, 9.17) is 4.74 Å². The molecule has 0 saturated carbocycles. The topological polar surface area (TPSA) is 79.6 Å². The van der Waals surface area contributed by atoms with Crippen LogP contribution >= 0.6 is 0 Å². The molecule has 0 fully saturated rings. The van der Waals surface area contributed by atoms with E-state index >= 15 is 0 Å². The normalized spacial score (nSPS) is 11.9. The van der Waals surface area contributed by atoms with E-state index in [0.717, 1.165) is 17.2 Å². The molecule has 0 aliphatic heterocycles. The Hall–Kier alpha value is -3.59. The van der Waals surface area contributed by atoms with Crippen molar-refractivity contribution < 1.29 is 19.1 Å². The Morgan fingerprint density at radius 3 is 2.25 bits per heavy atom. The highest BCUT2D eigenvalue weighted by atomic mass is 16.5. The van der Waals surface area contributed by atoms with Gasteiger partial charge in [-0.15, -0.1) is 0 Å². The average molecular weight is 378 g/mol. The summed E-state index contributed by atoms with van der Waals surface area (Å²) < 4.78 is 9.54. The number of nitriles is 1. The first-order valence-electron chi connectivity index (χ1n) is 8.64. The lowest BCUT2D eigenvalue weighted by atomic mass is 10.0. The van der Waals surface area contributed by atoms with Crippen LogP contribution in [-0.2, 0) is 25.6 Å². The standard InChI is InChI=1S/C22H22N2O4/c1-16-9-11-18(12-10-16)20(14-23)24(15-17-7-5-4-6-8-17)19(22(26)28-3)13-21(25)27-2/h4-13,20H,15H2,1-3H3/b19-13+. The predicted octanol–water partition coefficient (Wildman–Crippen LogP) is 3.29. The smallest absolute Gasteiger partial charge is 0.354 e. The lowest BCUT2D eigenvalue weighted by Crippen LogP contribution is -2.32. The summed E-state index contributed by atoms with van der Waals surface area (Å²) in [6.45, 7) is 2.18. The maximum absolute atomic E-state index is 12.5. The number of aryl methyl sites for hydroxylation is 1. The molecule has 1 atom stereocenters. The molecule has 0 N–H and O–H groups in total. The Balaban J connectivity index is 2.57. The molecule has 0 saturated heterocycles. The van der Waals surface area contributed by atoms with E-state index in [1.165, 1.54) is 14.2 Å². The third-order valence-electron chi connectivity index (χ3n) is 4.18. The van der Waals surface area contributed by atoms with Gasteiger partial charge in [-0.25, -0.2) is 9.59 Å². The van der Waals surface area contributed by atoms with E-state index in [0.29, 0.717) is 5.56 Å². The van der Waals surface area contributed by atoms with Crippen molar-refractivity contribution in [3.63, 3.8) is 0 Å². The molecule has 2 aromatic carbocycles. The quantitative estimate of drug-likeness (QED) is 0.543. The van der Waals surface area contributed by atoms with E-state index in [1.807, 2.05) is 61.5 Å². The fourth-order valence-corrected chi connectivity index (χ4v) is 2.70. The van der Waals surface area contributed by atoms with Gasteiger partial charge in [-0.2, -0.15) is 5.26 Å². The van der Waals surface area contributed by atoms with Crippen LogP contribution in [0.15, 0.2) is 66.4 Å². The molecular formula is C22H22N2O4. The number of benzene rings is 2. The minimum absolute atomic E-state index is 0.0506. The van der Waals surface area contributed by atoms with Gasteiger partial charge < -0.3 is 14.4 Å². The zero-order valence-electron chi connectivity index (χ0n) is 16.1. The van der Waals surface area contributed by atoms with Gasteiger partial charge in [0.1, 0.15) is 11.7 Å². The molecule has 28 heavy (non-hydrogen) atoms. The highest BCUT2D eigenvalue weighted by Crippen LogP contribution is 2.27. The van der Waals surface area contributed by atoms with E-state index in [2.05, 4.69) is 10.8 Å². The Bertz CT molecular complexity index is 883. The number of methoxy groups -OCH3 is 2. The lowest BCUT2D eigenvalue weighted by Gasteiger charge is -2.30. The van der Waals surface area contributed by atoms with Gasteiger partial charge in [0.15, 0.2) is 0 Å². The summed E-state index contributed by atoms with van der Waals surface area (Å²) in [6.07, 6.45) is 1.05. The highest BCUT2D eigenvalue weighted by molar-refractivity contribution is 5.95. The van der Waals surface area contributed by atoms with Crippen molar-refractivity contribution in [1.29, 1.82) is 5.26 Å². The first-order valence-corrected chi connectivity index (χ1v) is 8.64. The second kappa shape index (κ2) is 9.93. The fraction of sp³-hybridized carbons (Fsp3) is 0.227. The zero-order chi connectivity index (χ0) is 20.5. The molecule has 0 aliphatic carbocycles. The van der Waals surface area contributed by atoms with Crippen LogP contribution in [0.2, 0.25) is 0 Å². The van der Waals surface area contributed by atoms with Crippen LogP contribution in [0.25, 0.3) is 0 Å². The minimum Gasteiger partial charge on any atom is -0.466 e. The van der Waals surface area contributed by atoms with Crippen molar-refractivity contribution in [3.8, 4) is 6.07 Å². The molecule has 144 valence electrons. The molecule has 6 nitrogen and oxygen atoms in total. The molecular weight excluding hydrogens is 356 g/mol. The van der Waals surface area contributed by atoms with Crippen LogP contribution in [0.1, 0.15) is 22.7 Å². The van der Waals surface area contributed by atoms with Gasteiger partial charge in [0, 0.05) is 6.54 Å². The number of rotatable bonds is 7. The number of esters is 2. The van der Waals surface area contributed by atoms with Crippen molar-refractivity contribution in [2.24, 2.45) is 0 Å². The average Bonchev–Trinajstić information content (AvgIpc) is 2.73. The second-order valence-corrected chi connectivity index (χ2v) is 6.10. The van der Waals surface area contributed by atoms with Crippen molar-refractivity contribution in [2.75, 3.05) is 14.2 Å². The summed E-state index contributed by atoms with van der Waals surface area (Å²) in [7, 11) is 2.44. The molecule has 0 spiro atoms. The molecule has 0 amide bonds. The van der Waals surface area contributed by atoms with Crippen LogP contribution in [0, 0.1) is 18.3 Å². The predicted molar refractivity (Wildman–Crippen MR) is 104 cm³/mol. The minimum atomic E-state index is -0.809. The van der Waals surface area contributed by atoms with Crippen LogP contribution in [0.4, 0.5) is 0 Å². The van der Waals surface area contributed by atoms with Crippen molar-refractivity contribution in [1.82, 2.24) is 4.90 Å². The number of carbonyl (C=O) groups excluding carboxylic acids is 2. The Morgan fingerprint density at radius 2 is 1.71 bits per heavy atom. The summed E-state index contributed by atoms with van der Waals surface area (Å²) in [5.41, 5.74) is 2.57. The summed E-state index contributed by atoms with van der Waals surface area (Å²) in [5, 5.41) is 9.90. The monoisotopic (exact) mass is 378 g/mol. The van der Waals surface area contributed by atoms with Gasteiger partial charge >= 0.3 is 11.9 Å². The highest BCUT2D eigenvalue weighted by Gasteiger charge is 2.28. The summed E-state index contributed by atoms with van der Waals surface area (Å²) in [5.74, 6) is -1.44. The molecule has 0 aromatic heterocycles. The van der Waals surface area contributed by atoms with Gasteiger partial charge in [0.05, 0.1) is 26.4 Å². The number of ether oxygens (including phenoxy) is 2. The largest absolute Gasteiger partial charge is 0.466 e. The molecule has 0 aliphatic rings. The zero-order valence-corrected chi connectivity index (χ0v) is 16.1. The SMILES string of the molecule is COC(=O)/C=C(\C(=O)OC)N(Cc1ccccc1)C(C#N)c1ccc(C)cc1. The third-order valence-corrected chi connectivity index (χ3v) is 4.18. The van der Waals surface area contributed by atoms with E-state index in [-0.39, 0.29) is 12.2 Å². The molecule has 0 heterocycles. The third kappa shape index (κ3) is 5.21. The Morgan fingerprint density at radius 1 is 1.07 bits per heavy atom. The van der Waals surface area contributed by atoms with Crippen molar-refractivity contribution in [3.05, 3.63) is 83.1 Å². The lowest BCUT2D eigenvalue weighted by molar-refractivity contribution is -0.140. The molecule has 0 radical (unpaired) electrons. The number of carbonyl (C=O) groups is 2. The number of hydrogen-bond acceptors (Lipinski definition) is 6. The number of nitrogens with zero attached hydrogens (tertiary/aromatic N) is 2. The van der Waals surface area contributed by atoms with Crippen molar-refractivity contribution >= 4 is 11.9 Å². The van der Waals surface area contributed by atoms with Crippen LogP contribution in [0.3, 0.4) is 0 Å². The first-order chi connectivity index (χ1) is 13.5. The molecule has 0 bridgehead atoms. The molecule has 6 heteroatoms. The van der Waals surface area contributed by atoms with E-state index in [9.17, 15) is 14.9 Å². The summed E-state index contributed by atoms with van der Waals surface area (Å²) in [6, 6.07) is 18.2. The number of hydrogen-bond donors (Lipinski definition) is 0. The van der Waals surface area contributed by atoms with Crippen LogP contribution in [-0.4, -0.2) is 31.1 Å². The van der Waals surface area contributed by atoms with Gasteiger partial charge in [-0.1, -0.05) is 60.2 Å². The second-order valence-electron chi connectivity index (χ2n) is 6.10. The maximum Gasteiger partial charge on any atom is 0.354 e. The van der Waals surface area contributed by atoms with Gasteiger partial charge in [0.2, 0.25) is 0 Å². The van der Waals surface area contributed by atoms with E-state index < -0.39 is 18.0 Å². The first kappa shape index (κ1) is 20.7. The van der Waals surface area contributed by atoms with Gasteiger partial charge in [-0.3, -0.25) is 0 Å². The van der Waals surface area contributed by atoms with Crippen LogP contribution < -0.4 is 0 Å². The van der Waals surface area contributed by atoms with Crippen molar-refractivity contribution in [2.45, 2.75) is 19.5 Å². The fourth-order valence-electron chi connectivity index (χ4n) is 2.70. The summed E-state index contributed by atoms with van der Waals surface area (Å²) in [4.78, 5) is 25.9. The molecule has 1 unspecified atom stereocenters. The Kier molecular flexibility index (Phi) is 7.35. The summed E-state index contributed by atoms with van der Waals surface area (Å²) >= 11 is 0.